The number of benzene rings is 1. The van der Waals surface area contributed by atoms with Gasteiger partial charge in [-0.25, -0.2) is 9.59 Å². The molecule has 0 aliphatic heterocycles. The van der Waals surface area contributed by atoms with Gasteiger partial charge in [0.15, 0.2) is 0 Å². The Morgan fingerprint density at radius 2 is 1.94 bits per heavy atom. The van der Waals surface area contributed by atoms with Gasteiger partial charge in [0.25, 0.3) is 10.1 Å². The van der Waals surface area contributed by atoms with Gasteiger partial charge in [-0.3, -0.25) is 9.54 Å². The molecule has 1 heterocycles. The monoisotopic (exact) mass is 243 g/mol. The maximum absolute atomic E-state index is 11.2. The van der Waals surface area contributed by atoms with E-state index in [1.165, 1.54) is 6.07 Å². The molecular formula is C8H5NO6S. The Morgan fingerprint density at radius 1 is 1.25 bits per heavy atom. The first-order valence-electron chi connectivity index (χ1n) is 4.02. The van der Waals surface area contributed by atoms with Crippen LogP contribution in [0.4, 0.5) is 0 Å². The molecule has 0 fully saturated rings. The highest BCUT2D eigenvalue weighted by atomic mass is 32.2. The molecule has 2 N–H and O–H groups in total. The molecule has 0 amide bonds. The standard InChI is InChI=1S/C8H5NO6S/c10-7-5-3-4(16(12,13)14)1-2-6(5)9-8(11)15-7/h1-3H,(H,9,11)(H,12,13,14). The summed E-state index contributed by atoms with van der Waals surface area (Å²) in [4.78, 5) is 23.8. The third-order valence-corrected chi connectivity index (χ3v) is 2.78. The van der Waals surface area contributed by atoms with Gasteiger partial charge in [-0.05, 0) is 18.2 Å². The van der Waals surface area contributed by atoms with E-state index in [1.807, 2.05) is 0 Å². The van der Waals surface area contributed by atoms with E-state index in [2.05, 4.69) is 9.40 Å². The minimum atomic E-state index is -4.39. The third-order valence-electron chi connectivity index (χ3n) is 1.93. The molecule has 0 radical (unpaired) electrons. The minimum Gasteiger partial charge on any atom is -0.372 e. The predicted molar refractivity (Wildman–Crippen MR) is 52.9 cm³/mol. The maximum atomic E-state index is 11.2. The number of rotatable bonds is 1. The van der Waals surface area contributed by atoms with Crippen molar-refractivity contribution in [2.75, 3.05) is 0 Å². The molecule has 0 spiro atoms. The van der Waals surface area contributed by atoms with Gasteiger partial charge in [0.05, 0.1) is 15.8 Å². The van der Waals surface area contributed by atoms with Crippen LogP contribution in [-0.4, -0.2) is 18.0 Å². The van der Waals surface area contributed by atoms with Crippen molar-refractivity contribution in [2.45, 2.75) is 4.90 Å². The molecule has 0 unspecified atom stereocenters. The van der Waals surface area contributed by atoms with Crippen molar-refractivity contribution in [3.8, 4) is 0 Å². The number of fused-ring (bicyclic) bond motifs is 1. The highest BCUT2D eigenvalue weighted by Gasteiger charge is 2.12. The Bertz CT molecular complexity index is 769. The fourth-order valence-electron chi connectivity index (χ4n) is 1.24. The van der Waals surface area contributed by atoms with Crippen LogP contribution < -0.4 is 11.4 Å². The molecule has 0 saturated heterocycles. The number of aromatic amines is 1. The van der Waals surface area contributed by atoms with Gasteiger partial charge < -0.3 is 4.42 Å². The average Bonchev–Trinajstić information content (AvgIpc) is 2.15. The molecule has 0 bridgehead atoms. The van der Waals surface area contributed by atoms with Gasteiger partial charge in [-0.15, -0.1) is 0 Å². The van der Waals surface area contributed by atoms with Crippen molar-refractivity contribution in [1.82, 2.24) is 4.98 Å². The average molecular weight is 243 g/mol. The number of hydrogen-bond acceptors (Lipinski definition) is 5. The van der Waals surface area contributed by atoms with Crippen molar-refractivity contribution in [1.29, 1.82) is 0 Å². The molecule has 0 saturated carbocycles. The van der Waals surface area contributed by atoms with Crippen LogP contribution in [0.15, 0.2) is 37.1 Å². The van der Waals surface area contributed by atoms with E-state index in [0.29, 0.717) is 0 Å². The lowest BCUT2D eigenvalue weighted by atomic mass is 10.2. The van der Waals surface area contributed by atoms with Crippen molar-refractivity contribution in [3.63, 3.8) is 0 Å². The van der Waals surface area contributed by atoms with E-state index in [0.717, 1.165) is 12.1 Å². The van der Waals surface area contributed by atoms with Crippen LogP contribution in [0.5, 0.6) is 0 Å². The van der Waals surface area contributed by atoms with E-state index in [4.69, 9.17) is 4.55 Å². The lowest BCUT2D eigenvalue weighted by Crippen LogP contribution is -2.14. The van der Waals surface area contributed by atoms with Crippen molar-refractivity contribution >= 4 is 21.0 Å². The predicted octanol–water partition coefficient (Wildman–Crippen LogP) is -0.272. The lowest BCUT2D eigenvalue weighted by Gasteiger charge is -1.98. The molecule has 16 heavy (non-hydrogen) atoms. The highest BCUT2D eigenvalue weighted by Crippen LogP contribution is 2.13. The first kappa shape index (κ1) is 10.6. The summed E-state index contributed by atoms with van der Waals surface area (Å²) >= 11 is 0. The molecular weight excluding hydrogens is 238 g/mol. The topological polar surface area (TPSA) is 117 Å². The summed E-state index contributed by atoms with van der Waals surface area (Å²) in [6.07, 6.45) is 0. The zero-order valence-corrected chi connectivity index (χ0v) is 8.45. The second-order valence-electron chi connectivity index (χ2n) is 2.98. The number of H-pyrrole nitrogens is 1. The lowest BCUT2D eigenvalue weighted by molar-refractivity contribution is 0.460. The van der Waals surface area contributed by atoms with Crippen LogP contribution in [0.2, 0.25) is 0 Å². The quantitative estimate of drug-likeness (QED) is 0.665. The van der Waals surface area contributed by atoms with Crippen LogP contribution in [-0.2, 0) is 10.1 Å². The largest absolute Gasteiger partial charge is 0.419 e. The summed E-state index contributed by atoms with van der Waals surface area (Å²) in [6, 6.07) is 3.18. The van der Waals surface area contributed by atoms with Crippen LogP contribution in [0, 0.1) is 0 Å². The minimum absolute atomic E-state index is 0.130. The Morgan fingerprint density at radius 3 is 2.56 bits per heavy atom. The molecule has 0 aliphatic carbocycles. The molecule has 2 rings (SSSR count). The Balaban J connectivity index is 2.93. The molecule has 8 heteroatoms. The van der Waals surface area contributed by atoms with Crippen LogP contribution in [0.25, 0.3) is 10.9 Å². The zero-order chi connectivity index (χ0) is 11.9. The van der Waals surface area contributed by atoms with Gasteiger partial charge in [0.1, 0.15) is 0 Å². The van der Waals surface area contributed by atoms with Crippen LogP contribution in [0.1, 0.15) is 0 Å². The second-order valence-corrected chi connectivity index (χ2v) is 4.41. The molecule has 1 aromatic heterocycles. The first-order chi connectivity index (χ1) is 7.38. The zero-order valence-electron chi connectivity index (χ0n) is 7.63. The second kappa shape index (κ2) is 3.29. The summed E-state index contributed by atoms with van der Waals surface area (Å²) in [5.74, 6) is -0.933. The number of aromatic nitrogens is 1. The van der Waals surface area contributed by atoms with Crippen molar-refractivity contribution in [3.05, 3.63) is 39.2 Å². The van der Waals surface area contributed by atoms with Crippen LogP contribution in [0.3, 0.4) is 0 Å². The normalized spacial score (nSPS) is 11.8. The number of nitrogens with one attached hydrogen (secondary N) is 1. The Kier molecular flexibility index (Phi) is 2.17. The smallest absolute Gasteiger partial charge is 0.372 e. The van der Waals surface area contributed by atoms with Gasteiger partial charge in [-0.1, -0.05) is 0 Å². The first-order valence-corrected chi connectivity index (χ1v) is 5.46. The van der Waals surface area contributed by atoms with E-state index < -0.39 is 26.4 Å². The van der Waals surface area contributed by atoms with Gasteiger partial charge >= 0.3 is 11.4 Å². The van der Waals surface area contributed by atoms with E-state index in [1.54, 1.807) is 0 Å². The number of hydrogen-bond donors (Lipinski definition) is 2. The Labute approximate surface area is 88.1 Å². The molecule has 0 aliphatic rings. The summed E-state index contributed by atoms with van der Waals surface area (Å²) in [7, 11) is -4.39. The van der Waals surface area contributed by atoms with Crippen LogP contribution >= 0.6 is 0 Å². The molecule has 7 nitrogen and oxygen atoms in total. The van der Waals surface area contributed by atoms with Gasteiger partial charge in [0, 0.05) is 0 Å². The molecule has 84 valence electrons. The summed E-state index contributed by atoms with van der Waals surface area (Å²) in [5.41, 5.74) is -0.835. The summed E-state index contributed by atoms with van der Waals surface area (Å²) in [6.45, 7) is 0. The van der Waals surface area contributed by atoms with E-state index >= 15 is 0 Å². The SMILES string of the molecule is O=c1[nH]c2ccc(S(=O)(=O)O)cc2c(=O)o1. The molecule has 1 aromatic carbocycles. The van der Waals surface area contributed by atoms with E-state index in [9.17, 15) is 18.0 Å². The molecule has 2 aromatic rings. The maximum Gasteiger partial charge on any atom is 0.419 e. The third kappa shape index (κ3) is 1.75. The van der Waals surface area contributed by atoms with Gasteiger partial charge in [-0.2, -0.15) is 8.42 Å². The van der Waals surface area contributed by atoms with Gasteiger partial charge in [0.2, 0.25) is 0 Å². The van der Waals surface area contributed by atoms with Crippen molar-refractivity contribution in [2.24, 2.45) is 0 Å². The fourth-order valence-corrected chi connectivity index (χ4v) is 1.74. The Hall–Kier alpha value is -1.93. The summed E-state index contributed by atoms with van der Waals surface area (Å²) < 4.78 is 34.6. The van der Waals surface area contributed by atoms with E-state index in [-0.39, 0.29) is 10.9 Å². The molecule has 0 atom stereocenters. The highest BCUT2D eigenvalue weighted by molar-refractivity contribution is 7.85. The fraction of sp³-hybridized carbons (Fsp3) is 0. The van der Waals surface area contributed by atoms with Crippen molar-refractivity contribution < 1.29 is 17.4 Å². The summed E-state index contributed by atoms with van der Waals surface area (Å²) in [5, 5.41) is -0.130.